The molecule has 3 rings (SSSR count). The van der Waals surface area contributed by atoms with Crippen molar-refractivity contribution in [1.82, 2.24) is 0 Å². The van der Waals surface area contributed by atoms with E-state index in [2.05, 4.69) is 24.3 Å². The third-order valence-corrected chi connectivity index (χ3v) is 3.63. The lowest BCUT2D eigenvalue weighted by Crippen LogP contribution is -1.85. The van der Waals surface area contributed by atoms with Gasteiger partial charge in [-0.25, -0.2) is 0 Å². The molecule has 0 heterocycles. The standard InChI is InChI=1S/C22H14O3.H2O/c1-2-24-21-10-6-17(7-11-21)19-4-3-5-20(16-19)18-8-12-22(13-9-18)25-15-14-23;/h1,3-13,16,23H;1H2. The molecule has 3 aromatic rings. The summed E-state index contributed by atoms with van der Waals surface area (Å²) in [5, 5.41) is 8.44. The van der Waals surface area contributed by atoms with Crippen molar-refractivity contribution in [1.29, 1.82) is 0 Å². The summed E-state index contributed by atoms with van der Waals surface area (Å²) in [4.78, 5) is 0. The molecule has 4 nitrogen and oxygen atoms in total. The Bertz CT molecular complexity index is 956. The van der Waals surface area contributed by atoms with E-state index in [1.807, 2.05) is 48.5 Å². The van der Waals surface area contributed by atoms with E-state index in [9.17, 15) is 0 Å². The molecular formula is C22H16O4. The van der Waals surface area contributed by atoms with Crippen molar-refractivity contribution in [2.24, 2.45) is 0 Å². The van der Waals surface area contributed by atoms with E-state index >= 15 is 0 Å². The van der Waals surface area contributed by atoms with Crippen LogP contribution in [0.5, 0.6) is 11.5 Å². The van der Waals surface area contributed by atoms with Crippen LogP contribution in [0.2, 0.25) is 0 Å². The lowest BCUT2D eigenvalue weighted by molar-refractivity contribution is 0.476. The number of hydrogen-bond acceptors (Lipinski definition) is 3. The minimum absolute atomic E-state index is 0. The normalized spacial score (nSPS) is 9.04. The zero-order chi connectivity index (χ0) is 17.5. The topological polar surface area (TPSA) is 70.2 Å². The Morgan fingerprint density at radius 3 is 1.65 bits per heavy atom. The average Bonchev–Trinajstić information content (AvgIpc) is 2.68. The van der Waals surface area contributed by atoms with Gasteiger partial charge in [-0.05, 0) is 52.6 Å². The minimum Gasteiger partial charge on any atom is -0.460 e. The molecule has 0 radical (unpaired) electrons. The van der Waals surface area contributed by atoms with Crippen LogP contribution in [-0.2, 0) is 0 Å². The first-order valence-corrected chi connectivity index (χ1v) is 7.54. The number of aliphatic hydroxyl groups is 1. The van der Waals surface area contributed by atoms with E-state index in [-0.39, 0.29) is 5.48 Å². The van der Waals surface area contributed by atoms with Gasteiger partial charge in [0.2, 0.25) is 0 Å². The molecule has 0 saturated heterocycles. The molecule has 128 valence electrons. The lowest BCUT2D eigenvalue weighted by atomic mass is 9.99. The Morgan fingerprint density at radius 1 is 0.692 bits per heavy atom. The third-order valence-electron chi connectivity index (χ3n) is 3.63. The number of ether oxygens (including phenoxy) is 2. The second-order valence-electron chi connectivity index (χ2n) is 5.17. The van der Waals surface area contributed by atoms with E-state index < -0.39 is 0 Å². The first-order valence-electron chi connectivity index (χ1n) is 7.54. The molecular weight excluding hydrogens is 328 g/mol. The highest BCUT2D eigenvalue weighted by Crippen LogP contribution is 2.28. The maximum absolute atomic E-state index is 8.44. The van der Waals surface area contributed by atoms with Crippen LogP contribution in [0.3, 0.4) is 0 Å². The van der Waals surface area contributed by atoms with E-state index in [1.54, 1.807) is 18.2 Å². The van der Waals surface area contributed by atoms with E-state index in [1.165, 1.54) is 0 Å². The summed E-state index contributed by atoms with van der Waals surface area (Å²) in [6.45, 7) is 0. The smallest absolute Gasteiger partial charge is 0.160 e. The Hall–Kier alpha value is -3.86. The van der Waals surface area contributed by atoms with Gasteiger partial charge in [0.25, 0.3) is 0 Å². The van der Waals surface area contributed by atoms with Crippen molar-refractivity contribution in [3.63, 3.8) is 0 Å². The summed E-state index contributed by atoms with van der Waals surface area (Å²) in [5.41, 5.74) is 4.31. The maximum atomic E-state index is 8.44. The van der Waals surface area contributed by atoms with Crippen molar-refractivity contribution in [3.05, 3.63) is 72.8 Å². The predicted molar refractivity (Wildman–Crippen MR) is 101 cm³/mol. The van der Waals surface area contributed by atoms with Crippen molar-refractivity contribution in [3.8, 4) is 58.5 Å². The maximum Gasteiger partial charge on any atom is 0.160 e. The number of terminal acetylenes is 1. The largest absolute Gasteiger partial charge is 0.460 e. The van der Waals surface area contributed by atoms with Crippen LogP contribution >= 0.6 is 0 Å². The SMILES string of the molecule is C#COc1ccc(-c2cccc(-c3ccc(OC#CO)cc3)c2)cc1.O. The van der Waals surface area contributed by atoms with Gasteiger partial charge in [0.1, 0.15) is 17.6 Å². The molecule has 0 atom stereocenters. The Labute approximate surface area is 152 Å². The fraction of sp³-hybridized carbons (Fsp3) is 0. The quantitative estimate of drug-likeness (QED) is 0.731. The fourth-order valence-corrected chi connectivity index (χ4v) is 2.46. The Balaban J connectivity index is 0.00000243. The Kier molecular flexibility index (Phi) is 6.28. The zero-order valence-electron chi connectivity index (χ0n) is 13.8. The van der Waals surface area contributed by atoms with Crippen LogP contribution in [0.25, 0.3) is 22.3 Å². The van der Waals surface area contributed by atoms with Gasteiger partial charge in [0, 0.05) is 0 Å². The summed E-state index contributed by atoms with van der Waals surface area (Å²) in [6, 6.07) is 23.3. The summed E-state index contributed by atoms with van der Waals surface area (Å²) < 4.78 is 10.1. The second kappa shape index (κ2) is 8.84. The molecule has 0 amide bonds. The van der Waals surface area contributed by atoms with Gasteiger partial charge in [-0.2, -0.15) is 0 Å². The van der Waals surface area contributed by atoms with Crippen LogP contribution in [0.1, 0.15) is 0 Å². The van der Waals surface area contributed by atoms with Crippen LogP contribution in [0.4, 0.5) is 0 Å². The van der Waals surface area contributed by atoms with Gasteiger partial charge in [-0.15, -0.1) is 0 Å². The third kappa shape index (κ3) is 4.36. The van der Waals surface area contributed by atoms with Gasteiger partial charge in [-0.1, -0.05) is 48.9 Å². The molecule has 3 N–H and O–H groups in total. The van der Waals surface area contributed by atoms with Gasteiger partial charge in [0.15, 0.2) is 12.2 Å². The number of hydrogen-bond donors (Lipinski definition) is 1. The molecule has 0 aromatic heterocycles. The molecule has 0 aliphatic heterocycles. The van der Waals surface area contributed by atoms with E-state index in [4.69, 9.17) is 21.0 Å². The van der Waals surface area contributed by atoms with Crippen LogP contribution in [0.15, 0.2) is 72.8 Å². The molecule has 26 heavy (non-hydrogen) atoms. The molecule has 4 heteroatoms. The number of aliphatic hydroxyl groups excluding tert-OH is 1. The molecule has 0 spiro atoms. The second-order valence-corrected chi connectivity index (χ2v) is 5.17. The Morgan fingerprint density at radius 2 is 1.19 bits per heavy atom. The molecule has 0 bridgehead atoms. The minimum atomic E-state index is 0. The molecule has 0 fully saturated rings. The molecule has 3 aromatic carbocycles. The van der Waals surface area contributed by atoms with Crippen molar-refractivity contribution >= 4 is 0 Å². The molecule has 0 aliphatic carbocycles. The predicted octanol–water partition coefficient (Wildman–Crippen LogP) is 3.84. The first kappa shape index (κ1) is 18.5. The highest BCUT2D eigenvalue weighted by atomic mass is 16.5. The van der Waals surface area contributed by atoms with Gasteiger partial charge < -0.3 is 20.1 Å². The van der Waals surface area contributed by atoms with Crippen molar-refractivity contribution in [2.75, 3.05) is 0 Å². The van der Waals surface area contributed by atoms with Crippen LogP contribution in [0, 0.1) is 24.7 Å². The van der Waals surface area contributed by atoms with Gasteiger partial charge in [-0.3, -0.25) is 0 Å². The fourth-order valence-electron chi connectivity index (χ4n) is 2.46. The monoisotopic (exact) mass is 344 g/mol. The van der Waals surface area contributed by atoms with E-state index in [0.29, 0.717) is 11.5 Å². The van der Waals surface area contributed by atoms with Gasteiger partial charge >= 0.3 is 0 Å². The van der Waals surface area contributed by atoms with Gasteiger partial charge in [0.05, 0.1) is 0 Å². The summed E-state index contributed by atoms with van der Waals surface area (Å²) in [7, 11) is 0. The summed E-state index contributed by atoms with van der Waals surface area (Å²) in [6.07, 6.45) is 11.1. The summed E-state index contributed by atoms with van der Waals surface area (Å²) >= 11 is 0. The molecule has 0 saturated carbocycles. The van der Waals surface area contributed by atoms with Crippen molar-refractivity contribution < 1.29 is 20.1 Å². The average molecular weight is 344 g/mol. The van der Waals surface area contributed by atoms with Crippen molar-refractivity contribution in [2.45, 2.75) is 0 Å². The highest BCUT2D eigenvalue weighted by Gasteiger charge is 2.03. The van der Waals surface area contributed by atoms with Crippen LogP contribution in [-0.4, -0.2) is 10.6 Å². The number of rotatable bonds is 4. The molecule has 0 unspecified atom stereocenters. The summed E-state index contributed by atoms with van der Waals surface area (Å²) in [5.74, 6) is 1.22. The van der Waals surface area contributed by atoms with E-state index in [0.717, 1.165) is 22.3 Å². The zero-order valence-corrected chi connectivity index (χ0v) is 13.8. The lowest BCUT2D eigenvalue weighted by Gasteiger charge is -2.07. The number of benzene rings is 3. The highest BCUT2D eigenvalue weighted by molar-refractivity contribution is 5.73. The first-order chi connectivity index (χ1) is 12.3. The molecule has 0 aliphatic rings. The van der Waals surface area contributed by atoms with Crippen LogP contribution < -0.4 is 9.47 Å².